The zero-order chi connectivity index (χ0) is 13.6. The summed E-state index contributed by atoms with van der Waals surface area (Å²) >= 11 is 0. The molecule has 8 nitrogen and oxygen atoms in total. The summed E-state index contributed by atoms with van der Waals surface area (Å²) < 4.78 is 32.4. The number of primary amides is 1. The summed E-state index contributed by atoms with van der Waals surface area (Å²) in [4.78, 5) is 11.0. The molecule has 1 amide bonds. The van der Waals surface area contributed by atoms with Gasteiger partial charge in [0.1, 0.15) is 0 Å². The van der Waals surface area contributed by atoms with Crippen molar-refractivity contribution in [3.63, 3.8) is 0 Å². The van der Waals surface area contributed by atoms with E-state index >= 15 is 0 Å². The second-order valence-electron chi connectivity index (χ2n) is 4.05. The van der Waals surface area contributed by atoms with Crippen LogP contribution in [0, 0.1) is 0 Å². The lowest BCUT2D eigenvalue weighted by Gasteiger charge is -2.26. The van der Waals surface area contributed by atoms with E-state index in [9.17, 15) is 13.2 Å². The van der Waals surface area contributed by atoms with Crippen LogP contribution in [0.4, 0.5) is 0 Å². The molecule has 0 spiro atoms. The standard InChI is InChI=1S/C9H20N4O4S/c1-17-5-4-12-18(15,16)13(7-9(10)14)8-2-3-11-6-8/h8,11-12H,2-7H2,1H3,(H2,10,14). The summed E-state index contributed by atoms with van der Waals surface area (Å²) in [5.74, 6) is -0.668. The molecule has 1 atom stereocenters. The third-order valence-corrected chi connectivity index (χ3v) is 4.27. The molecule has 0 aliphatic carbocycles. The fourth-order valence-corrected chi connectivity index (χ4v) is 3.18. The number of hydrogen-bond acceptors (Lipinski definition) is 5. The number of nitrogens with zero attached hydrogens (tertiary/aromatic N) is 1. The van der Waals surface area contributed by atoms with Gasteiger partial charge in [0.25, 0.3) is 10.2 Å². The summed E-state index contributed by atoms with van der Waals surface area (Å²) in [5.41, 5.74) is 5.09. The van der Waals surface area contributed by atoms with Crippen molar-refractivity contribution in [2.45, 2.75) is 12.5 Å². The van der Waals surface area contributed by atoms with Crippen LogP contribution in [-0.2, 0) is 19.7 Å². The highest BCUT2D eigenvalue weighted by molar-refractivity contribution is 7.87. The first kappa shape index (κ1) is 15.3. The van der Waals surface area contributed by atoms with Gasteiger partial charge in [-0.1, -0.05) is 0 Å². The normalized spacial score (nSPS) is 20.4. The quantitative estimate of drug-likeness (QED) is 0.430. The Bertz CT molecular complexity index is 367. The number of rotatable bonds is 8. The van der Waals surface area contributed by atoms with Gasteiger partial charge in [0.05, 0.1) is 13.2 Å². The van der Waals surface area contributed by atoms with Crippen molar-refractivity contribution in [2.75, 3.05) is 39.9 Å². The Hall–Kier alpha value is -0.740. The number of carbonyl (C=O) groups excluding carboxylic acids is 1. The molecule has 0 aromatic carbocycles. The fourth-order valence-electron chi connectivity index (χ4n) is 1.80. The molecule has 1 aliphatic heterocycles. The van der Waals surface area contributed by atoms with Crippen molar-refractivity contribution in [1.82, 2.24) is 14.3 Å². The molecule has 0 aromatic heterocycles. The minimum atomic E-state index is -3.71. The van der Waals surface area contributed by atoms with Gasteiger partial charge in [-0.05, 0) is 13.0 Å². The lowest BCUT2D eigenvalue weighted by atomic mass is 10.2. The molecule has 1 saturated heterocycles. The zero-order valence-corrected chi connectivity index (χ0v) is 11.2. The molecule has 9 heteroatoms. The van der Waals surface area contributed by atoms with E-state index in [2.05, 4.69) is 10.0 Å². The minimum absolute atomic E-state index is 0.161. The predicted octanol–water partition coefficient (Wildman–Crippen LogP) is -2.38. The van der Waals surface area contributed by atoms with Crippen LogP contribution < -0.4 is 15.8 Å². The van der Waals surface area contributed by atoms with Gasteiger partial charge >= 0.3 is 0 Å². The molecule has 18 heavy (non-hydrogen) atoms. The second kappa shape index (κ2) is 7.00. The van der Waals surface area contributed by atoms with Crippen LogP contribution in [0.5, 0.6) is 0 Å². The average Bonchev–Trinajstić information content (AvgIpc) is 2.78. The summed E-state index contributed by atoms with van der Waals surface area (Å²) in [6, 6.07) is -0.238. The van der Waals surface area contributed by atoms with E-state index in [-0.39, 0.29) is 25.7 Å². The highest BCUT2D eigenvalue weighted by Gasteiger charge is 2.32. The van der Waals surface area contributed by atoms with E-state index in [1.807, 2.05) is 0 Å². The van der Waals surface area contributed by atoms with E-state index in [1.54, 1.807) is 0 Å². The topological polar surface area (TPSA) is 114 Å². The molecule has 1 aliphatic rings. The molecule has 1 fully saturated rings. The van der Waals surface area contributed by atoms with Crippen molar-refractivity contribution in [3.8, 4) is 0 Å². The van der Waals surface area contributed by atoms with Crippen molar-refractivity contribution < 1.29 is 17.9 Å². The number of nitrogens with one attached hydrogen (secondary N) is 2. The summed E-state index contributed by atoms with van der Waals surface area (Å²) in [7, 11) is -2.23. The third-order valence-electron chi connectivity index (χ3n) is 2.65. The molecular formula is C9H20N4O4S. The van der Waals surface area contributed by atoms with E-state index in [0.717, 1.165) is 10.8 Å². The Kier molecular flexibility index (Phi) is 5.96. The number of carbonyl (C=O) groups is 1. The fraction of sp³-hybridized carbons (Fsp3) is 0.889. The van der Waals surface area contributed by atoms with Crippen LogP contribution in [-0.4, -0.2) is 64.6 Å². The Morgan fingerprint density at radius 1 is 1.61 bits per heavy atom. The maximum Gasteiger partial charge on any atom is 0.280 e. The Morgan fingerprint density at radius 2 is 2.33 bits per heavy atom. The van der Waals surface area contributed by atoms with Gasteiger partial charge in [-0.15, -0.1) is 0 Å². The molecule has 0 bridgehead atoms. The number of amides is 1. The third kappa shape index (κ3) is 4.50. The van der Waals surface area contributed by atoms with E-state index in [1.165, 1.54) is 7.11 Å². The first-order chi connectivity index (χ1) is 8.47. The SMILES string of the molecule is COCCNS(=O)(=O)N(CC(N)=O)C1CCNC1. The molecule has 1 unspecified atom stereocenters. The minimum Gasteiger partial charge on any atom is -0.383 e. The molecule has 4 N–H and O–H groups in total. The lowest BCUT2D eigenvalue weighted by molar-refractivity contribution is -0.118. The summed E-state index contributed by atoms with van der Waals surface area (Å²) in [6.45, 7) is 1.38. The van der Waals surface area contributed by atoms with Gasteiger partial charge in [-0.2, -0.15) is 17.4 Å². The van der Waals surface area contributed by atoms with Crippen LogP contribution in [0.15, 0.2) is 0 Å². The van der Waals surface area contributed by atoms with Gasteiger partial charge in [0.15, 0.2) is 0 Å². The summed E-state index contributed by atoms with van der Waals surface area (Å²) in [6.07, 6.45) is 0.665. The highest BCUT2D eigenvalue weighted by Crippen LogP contribution is 2.11. The number of ether oxygens (including phenoxy) is 1. The van der Waals surface area contributed by atoms with Crippen LogP contribution in [0.25, 0.3) is 0 Å². The Balaban J connectivity index is 2.70. The van der Waals surface area contributed by atoms with Gasteiger partial charge in [0.2, 0.25) is 5.91 Å². The largest absolute Gasteiger partial charge is 0.383 e. The average molecular weight is 280 g/mol. The van der Waals surface area contributed by atoms with Crippen LogP contribution in [0.2, 0.25) is 0 Å². The smallest absolute Gasteiger partial charge is 0.280 e. The van der Waals surface area contributed by atoms with Gasteiger partial charge in [-0.3, -0.25) is 4.79 Å². The maximum atomic E-state index is 12.1. The molecular weight excluding hydrogens is 260 g/mol. The first-order valence-corrected chi connectivity index (χ1v) is 7.15. The van der Waals surface area contributed by atoms with Gasteiger partial charge in [-0.25, -0.2) is 0 Å². The van der Waals surface area contributed by atoms with Crippen molar-refractivity contribution in [1.29, 1.82) is 0 Å². The maximum absolute atomic E-state index is 12.1. The van der Waals surface area contributed by atoms with Gasteiger partial charge < -0.3 is 15.8 Å². The van der Waals surface area contributed by atoms with Crippen molar-refractivity contribution >= 4 is 16.1 Å². The van der Waals surface area contributed by atoms with Crippen molar-refractivity contribution in [2.24, 2.45) is 5.73 Å². The Labute approximate surface area is 107 Å². The molecule has 1 rings (SSSR count). The number of nitrogens with two attached hydrogens (primary N) is 1. The Morgan fingerprint density at radius 3 is 2.83 bits per heavy atom. The van der Waals surface area contributed by atoms with Gasteiger partial charge in [0, 0.05) is 26.2 Å². The van der Waals surface area contributed by atoms with Crippen LogP contribution in [0.1, 0.15) is 6.42 Å². The van der Waals surface area contributed by atoms with Crippen LogP contribution >= 0.6 is 0 Å². The lowest BCUT2D eigenvalue weighted by Crippen LogP contribution is -2.51. The summed E-state index contributed by atoms with van der Waals surface area (Å²) in [5, 5.41) is 3.05. The van der Waals surface area contributed by atoms with E-state index < -0.39 is 16.1 Å². The molecule has 1 heterocycles. The molecule has 106 valence electrons. The number of methoxy groups -OCH3 is 1. The zero-order valence-electron chi connectivity index (χ0n) is 10.4. The van der Waals surface area contributed by atoms with E-state index in [0.29, 0.717) is 13.0 Å². The predicted molar refractivity (Wildman–Crippen MR) is 66.0 cm³/mol. The monoisotopic (exact) mass is 280 g/mol. The molecule has 0 aromatic rings. The first-order valence-electron chi connectivity index (χ1n) is 5.71. The van der Waals surface area contributed by atoms with Crippen molar-refractivity contribution in [3.05, 3.63) is 0 Å². The molecule has 0 saturated carbocycles. The number of hydrogen-bond donors (Lipinski definition) is 3. The van der Waals surface area contributed by atoms with E-state index in [4.69, 9.17) is 10.5 Å². The highest BCUT2D eigenvalue weighted by atomic mass is 32.2. The van der Waals surface area contributed by atoms with Crippen LogP contribution in [0.3, 0.4) is 0 Å². The second-order valence-corrected chi connectivity index (χ2v) is 5.76. The molecule has 0 radical (unpaired) electrons.